The van der Waals surface area contributed by atoms with Gasteiger partial charge in [0.05, 0.1) is 17.1 Å². The monoisotopic (exact) mass is 441 g/mol. The van der Waals surface area contributed by atoms with Crippen LogP contribution in [-0.4, -0.2) is 15.3 Å². The molecule has 0 saturated heterocycles. The average molecular weight is 442 g/mol. The number of para-hydroxylation sites is 2. The van der Waals surface area contributed by atoms with Gasteiger partial charge in [-0.3, -0.25) is 4.90 Å². The lowest BCUT2D eigenvalue weighted by Crippen LogP contribution is -2.12. The van der Waals surface area contributed by atoms with Crippen molar-refractivity contribution in [3.8, 4) is 28.7 Å². The number of nitrogens with zero attached hydrogens (tertiary/aromatic N) is 1. The highest BCUT2D eigenvalue weighted by atomic mass is 16.5. The van der Waals surface area contributed by atoms with E-state index in [0.29, 0.717) is 28.6 Å². The van der Waals surface area contributed by atoms with E-state index in [1.54, 1.807) is 29.2 Å². The van der Waals surface area contributed by atoms with Gasteiger partial charge in [-0.1, -0.05) is 24.3 Å². The second kappa shape index (κ2) is 8.79. The molecule has 0 amide bonds. The molecule has 0 aliphatic rings. The molecule has 0 radical (unpaired) electrons. The number of rotatable bonds is 5. The predicted molar refractivity (Wildman–Crippen MR) is 132 cm³/mol. The zero-order valence-corrected chi connectivity index (χ0v) is 19.1. The molecule has 0 heterocycles. The van der Waals surface area contributed by atoms with E-state index in [4.69, 9.17) is 4.74 Å². The smallest absolute Gasteiger partial charge is 0.151 e. The fourth-order valence-corrected chi connectivity index (χ4v) is 3.94. The molecule has 4 aromatic carbocycles. The van der Waals surface area contributed by atoms with Gasteiger partial charge < -0.3 is 20.1 Å². The SMILES string of the molecule is Cc1ccc(O)c(N(c2cc(C)ccc2O)c2ccccc2Oc2c(C)cc(O)cc2C)c1. The van der Waals surface area contributed by atoms with Crippen LogP contribution in [0.4, 0.5) is 17.1 Å². The van der Waals surface area contributed by atoms with Crippen LogP contribution in [0.25, 0.3) is 0 Å². The molecule has 0 bridgehead atoms. The summed E-state index contributed by atoms with van der Waals surface area (Å²) in [7, 11) is 0. The third kappa shape index (κ3) is 4.44. The fourth-order valence-electron chi connectivity index (χ4n) is 3.94. The quantitative estimate of drug-likeness (QED) is 0.303. The molecule has 5 heteroatoms. The molecular formula is C28H27NO4. The lowest BCUT2D eigenvalue weighted by atomic mass is 10.1. The molecule has 0 aromatic heterocycles. The number of aryl methyl sites for hydroxylation is 4. The van der Waals surface area contributed by atoms with Gasteiger partial charge in [0.25, 0.3) is 0 Å². The molecule has 4 rings (SSSR count). The summed E-state index contributed by atoms with van der Waals surface area (Å²) < 4.78 is 6.37. The van der Waals surface area contributed by atoms with Gasteiger partial charge in [0, 0.05) is 0 Å². The Morgan fingerprint density at radius 1 is 0.606 bits per heavy atom. The van der Waals surface area contributed by atoms with Crippen LogP contribution in [0.15, 0.2) is 72.8 Å². The molecule has 0 saturated carbocycles. The zero-order chi connectivity index (χ0) is 23.7. The van der Waals surface area contributed by atoms with Crippen LogP contribution in [-0.2, 0) is 0 Å². The number of anilines is 3. The molecule has 0 atom stereocenters. The first kappa shape index (κ1) is 22.1. The largest absolute Gasteiger partial charge is 0.508 e. The van der Waals surface area contributed by atoms with E-state index >= 15 is 0 Å². The summed E-state index contributed by atoms with van der Waals surface area (Å²) >= 11 is 0. The lowest BCUT2D eigenvalue weighted by Gasteiger charge is -2.29. The van der Waals surface area contributed by atoms with Gasteiger partial charge in [0.1, 0.15) is 23.0 Å². The maximum atomic E-state index is 10.8. The van der Waals surface area contributed by atoms with Gasteiger partial charge in [-0.05, 0) is 98.5 Å². The number of phenolic OH excluding ortho intramolecular Hbond substituents is 3. The van der Waals surface area contributed by atoms with Crippen molar-refractivity contribution in [1.82, 2.24) is 0 Å². The molecule has 0 aliphatic heterocycles. The van der Waals surface area contributed by atoms with E-state index < -0.39 is 0 Å². The summed E-state index contributed by atoms with van der Waals surface area (Å²) in [6, 6.07) is 21.5. The molecule has 5 nitrogen and oxygen atoms in total. The van der Waals surface area contributed by atoms with Crippen molar-refractivity contribution < 1.29 is 20.1 Å². The number of aromatic hydroxyl groups is 3. The fraction of sp³-hybridized carbons (Fsp3) is 0.143. The molecule has 168 valence electrons. The van der Waals surface area contributed by atoms with Crippen LogP contribution in [0.5, 0.6) is 28.7 Å². The summed E-state index contributed by atoms with van der Waals surface area (Å²) in [4.78, 5) is 1.80. The molecular weight excluding hydrogens is 414 g/mol. The highest BCUT2D eigenvalue weighted by Crippen LogP contribution is 2.48. The minimum absolute atomic E-state index is 0.0771. The number of benzene rings is 4. The molecule has 0 fully saturated rings. The van der Waals surface area contributed by atoms with Crippen molar-refractivity contribution in [3.63, 3.8) is 0 Å². The van der Waals surface area contributed by atoms with Gasteiger partial charge in [-0.2, -0.15) is 0 Å². The maximum Gasteiger partial charge on any atom is 0.151 e. The molecule has 0 spiro atoms. The second-order valence-corrected chi connectivity index (χ2v) is 8.30. The Bertz CT molecular complexity index is 1260. The minimum atomic E-state index is 0.0771. The van der Waals surface area contributed by atoms with Gasteiger partial charge in [0.2, 0.25) is 0 Å². The summed E-state index contributed by atoms with van der Waals surface area (Å²) in [6.45, 7) is 7.65. The van der Waals surface area contributed by atoms with Gasteiger partial charge in [-0.15, -0.1) is 0 Å². The Labute approximate surface area is 193 Å². The topological polar surface area (TPSA) is 73.2 Å². The Morgan fingerprint density at radius 3 is 1.67 bits per heavy atom. The van der Waals surface area contributed by atoms with E-state index in [1.165, 1.54) is 0 Å². The highest BCUT2D eigenvalue weighted by molar-refractivity contribution is 5.86. The number of hydrogen-bond acceptors (Lipinski definition) is 5. The molecule has 0 unspecified atom stereocenters. The first-order valence-corrected chi connectivity index (χ1v) is 10.7. The van der Waals surface area contributed by atoms with Crippen molar-refractivity contribution in [2.75, 3.05) is 4.90 Å². The second-order valence-electron chi connectivity index (χ2n) is 8.30. The zero-order valence-electron chi connectivity index (χ0n) is 19.1. The molecule has 33 heavy (non-hydrogen) atoms. The third-order valence-corrected chi connectivity index (χ3v) is 5.51. The molecule has 4 aromatic rings. The molecule has 0 aliphatic carbocycles. The first-order valence-electron chi connectivity index (χ1n) is 10.7. The van der Waals surface area contributed by atoms with Crippen molar-refractivity contribution in [2.24, 2.45) is 0 Å². The normalized spacial score (nSPS) is 10.8. The summed E-state index contributed by atoms with van der Waals surface area (Å²) in [5, 5.41) is 31.5. The first-order chi connectivity index (χ1) is 15.7. The van der Waals surface area contributed by atoms with E-state index in [1.807, 2.05) is 76.2 Å². The van der Waals surface area contributed by atoms with Crippen molar-refractivity contribution in [2.45, 2.75) is 27.7 Å². The number of phenols is 3. The standard InChI is InChI=1S/C28H27NO4/c1-17-9-11-25(31)23(13-17)29(24-14-18(2)10-12-26(24)32)22-7-5-6-8-27(22)33-28-19(3)15-21(30)16-20(28)4/h5-16,30-32H,1-4H3. The highest BCUT2D eigenvalue weighted by Gasteiger charge is 2.23. The summed E-state index contributed by atoms with van der Waals surface area (Å²) in [5.74, 6) is 1.52. The minimum Gasteiger partial charge on any atom is -0.508 e. The lowest BCUT2D eigenvalue weighted by molar-refractivity contribution is 0.458. The van der Waals surface area contributed by atoms with Crippen molar-refractivity contribution in [1.29, 1.82) is 0 Å². The van der Waals surface area contributed by atoms with E-state index in [0.717, 1.165) is 22.3 Å². The van der Waals surface area contributed by atoms with Gasteiger partial charge in [0.15, 0.2) is 5.75 Å². The van der Waals surface area contributed by atoms with Crippen LogP contribution in [0.2, 0.25) is 0 Å². The number of ether oxygens (including phenoxy) is 1. The Kier molecular flexibility index (Phi) is 5.88. The Morgan fingerprint density at radius 2 is 1.12 bits per heavy atom. The predicted octanol–water partition coefficient (Wildman–Crippen LogP) is 7.30. The third-order valence-electron chi connectivity index (χ3n) is 5.51. The maximum absolute atomic E-state index is 10.8. The Hall–Kier alpha value is -4.12. The summed E-state index contributed by atoms with van der Waals surface area (Å²) in [6.07, 6.45) is 0. The van der Waals surface area contributed by atoms with Crippen LogP contribution >= 0.6 is 0 Å². The molecule has 3 N–H and O–H groups in total. The van der Waals surface area contributed by atoms with Crippen LogP contribution < -0.4 is 9.64 Å². The van der Waals surface area contributed by atoms with E-state index in [-0.39, 0.29) is 17.2 Å². The van der Waals surface area contributed by atoms with Crippen LogP contribution in [0, 0.1) is 27.7 Å². The van der Waals surface area contributed by atoms with Crippen LogP contribution in [0.1, 0.15) is 22.3 Å². The van der Waals surface area contributed by atoms with E-state index in [2.05, 4.69) is 0 Å². The number of hydrogen-bond donors (Lipinski definition) is 3. The van der Waals surface area contributed by atoms with Gasteiger partial charge in [-0.25, -0.2) is 0 Å². The average Bonchev–Trinajstić information content (AvgIpc) is 2.76. The van der Waals surface area contributed by atoms with Crippen molar-refractivity contribution in [3.05, 3.63) is 95.1 Å². The van der Waals surface area contributed by atoms with Crippen LogP contribution in [0.3, 0.4) is 0 Å². The van der Waals surface area contributed by atoms with Crippen molar-refractivity contribution >= 4 is 17.1 Å². The Balaban J connectivity index is 1.95. The summed E-state index contributed by atoms with van der Waals surface area (Å²) in [5.41, 5.74) is 5.20. The van der Waals surface area contributed by atoms with E-state index in [9.17, 15) is 15.3 Å². The van der Waals surface area contributed by atoms with Gasteiger partial charge >= 0.3 is 0 Å².